The zero-order valence-corrected chi connectivity index (χ0v) is 12.8. The van der Waals surface area contributed by atoms with Gasteiger partial charge in [-0.05, 0) is 35.9 Å². The van der Waals surface area contributed by atoms with E-state index in [1.165, 1.54) is 0 Å². The molecule has 0 radical (unpaired) electrons. The fourth-order valence-electron chi connectivity index (χ4n) is 1.71. The van der Waals surface area contributed by atoms with Crippen molar-refractivity contribution in [3.63, 3.8) is 0 Å². The molecule has 0 spiro atoms. The third-order valence-electron chi connectivity index (χ3n) is 2.63. The standard InChI is InChI=1S/C14H11BrCl2O/c1-18-13-7-4-10(15)8-12(13)14(17)9-2-5-11(16)6-3-9/h2-8,14H,1H3. The quantitative estimate of drug-likeness (QED) is 0.673. The molecule has 0 saturated carbocycles. The van der Waals surface area contributed by atoms with E-state index in [0.717, 1.165) is 21.3 Å². The molecule has 1 atom stereocenters. The Hall–Kier alpha value is -0.700. The van der Waals surface area contributed by atoms with Crippen LogP contribution in [0.5, 0.6) is 5.75 Å². The van der Waals surface area contributed by atoms with Gasteiger partial charge >= 0.3 is 0 Å². The van der Waals surface area contributed by atoms with Crippen molar-refractivity contribution in [2.45, 2.75) is 5.38 Å². The summed E-state index contributed by atoms with van der Waals surface area (Å²) in [5.41, 5.74) is 1.91. The van der Waals surface area contributed by atoms with E-state index in [1.807, 2.05) is 42.5 Å². The minimum atomic E-state index is -0.269. The maximum absolute atomic E-state index is 6.50. The maximum atomic E-state index is 6.50. The molecule has 0 heterocycles. The largest absolute Gasteiger partial charge is 0.496 e. The second-order valence-corrected chi connectivity index (χ2v) is 5.59. The Labute approximate surface area is 125 Å². The van der Waals surface area contributed by atoms with Crippen LogP contribution in [-0.2, 0) is 0 Å². The molecule has 0 aliphatic rings. The Balaban J connectivity index is 2.41. The number of ether oxygens (including phenoxy) is 1. The molecule has 2 aromatic rings. The number of halogens is 3. The Morgan fingerprint density at radius 2 is 1.78 bits per heavy atom. The maximum Gasteiger partial charge on any atom is 0.123 e. The van der Waals surface area contributed by atoms with Gasteiger partial charge in [0.15, 0.2) is 0 Å². The van der Waals surface area contributed by atoms with E-state index in [1.54, 1.807) is 7.11 Å². The van der Waals surface area contributed by atoms with Crippen LogP contribution in [0.15, 0.2) is 46.9 Å². The summed E-state index contributed by atoms with van der Waals surface area (Å²) in [6.07, 6.45) is 0. The van der Waals surface area contributed by atoms with Crippen molar-refractivity contribution in [2.75, 3.05) is 7.11 Å². The number of alkyl halides is 1. The van der Waals surface area contributed by atoms with Crippen molar-refractivity contribution >= 4 is 39.1 Å². The zero-order valence-electron chi connectivity index (χ0n) is 9.66. The van der Waals surface area contributed by atoms with Crippen LogP contribution in [-0.4, -0.2) is 7.11 Å². The summed E-state index contributed by atoms with van der Waals surface area (Å²) in [4.78, 5) is 0. The van der Waals surface area contributed by atoms with Gasteiger partial charge in [-0.1, -0.05) is 39.7 Å². The summed E-state index contributed by atoms with van der Waals surface area (Å²) in [6, 6.07) is 13.3. The molecule has 0 bridgehead atoms. The van der Waals surface area contributed by atoms with Crippen LogP contribution in [0.4, 0.5) is 0 Å². The minimum Gasteiger partial charge on any atom is -0.496 e. The van der Waals surface area contributed by atoms with Gasteiger partial charge in [0.1, 0.15) is 5.75 Å². The summed E-state index contributed by atoms with van der Waals surface area (Å²) in [5, 5.41) is 0.429. The summed E-state index contributed by atoms with van der Waals surface area (Å²) >= 11 is 15.8. The highest BCUT2D eigenvalue weighted by Crippen LogP contribution is 2.36. The van der Waals surface area contributed by atoms with Crippen LogP contribution in [0.25, 0.3) is 0 Å². The van der Waals surface area contributed by atoms with Gasteiger partial charge in [-0.3, -0.25) is 0 Å². The molecule has 0 aromatic heterocycles. The van der Waals surface area contributed by atoms with E-state index in [-0.39, 0.29) is 5.38 Å². The average Bonchev–Trinajstić information content (AvgIpc) is 2.39. The van der Waals surface area contributed by atoms with E-state index in [2.05, 4.69) is 15.9 Å². The van der Waals surface area contributed by atoms with E-state index >= 15 is 0 Å². The predicted octanol–water partition coefficient (Wildman–Crippen LogP) is 5.44. The molecule has 0 amide bonds. The van der Waals surface area contributed by atoms with Crippen molar-refractivity contribution in [1.29, 1.82) is 0 Å². The van der Waals surface area contributed by atoms with Crippen LogP contribution >= 0.6 is 39.1 Å². The van der Waals surface area contributed by atoms with Gasteiger partial charge in [-0.25, -0.2) is 0 Å². The van der Waals surface area contributed by atoms with Crippen molar-refractivity contribution < 1.29 is 4.74 Å². The topological polar surface area (TPSA) is 9.23 Å². The molecule has 0 aliphatic carbocycles. The Morgan fingerprint density at radius 1 is 1.11 bits per heavy atom. The zero-order chi connectivity index (χ0) is 13.1. The third-order valence-corrected chi connectivity index (χ3v) is 3.86. The summed E-state index contributed by atoms with van der Waals surface area (Å²) in [5.74, 6) is 0.771. The van der Waals surface area contributed by atoms with Crippen molar-refractivity contribution in [3.05, 3.63) is 63.1 Å². The molecule has 4 heteroatoms. The van der Waals surface area contributed by atoms with Gasteiger partial charge < -0.3 is 4.74 Å². The normalized spacial score (nSPS) is 12.2. The molecule has 2 aromatic carbocycles. The minimum absolute atomic E-state index is 0.269. The number of methoxy groups -OCH3 is 1. The van der Waals surface area contributed by atoms with Crippen LogP contribution in [0, 0.1) is 0 Å². The molecule has 0 aliphatic heterocycles. The highest BCUT2D eigenvalue weighted by Gasteiger charge is 2.16. The Kier molecular flexibility index (Phi) is 4.55. The summed E-state index contributed by atoms with van der Waals surface area (Å²) < 4.78 is 6.31. The Morgan fingerprint density at radius 3 is 2.39 bits per heavy atom. The first kappa shape index (κ1) is 13.7. The fourth-order valence-corrected chi connectivity index (χ4v) is 2.54. The van der Waals surface area contributed by atoms with Gasteiger partial charge in [0.2, 0.25) is 0 Å². The first-order valence-corrected chi connectivity index (χ1v) is 6.95. The lowest BCUT2D eigenvalue weighted by Gasteiger charge is -2.15. The number of hydrogen-bond donors (Lipinski definition) is 0. The van der Waals surface area contributed by atoms with Crippen molar-refractivity contribution in [2.24, 2.45) is 0 Å². The van der Waals surface area contributed by atoms with Crippen LogP contribution < -0.4 is 4.74 Å². The molecule has 94 valence electrons. The first-order valence-electron chi connectivity index (χ1n) is 5.35. The molecule has 0 N–H and O–H groups in total. The van der Waals surface area contributed by atoms with E-state index in [4.69, 9.17) is 27.9 Å². The van der Waals surface area contributed by atoms with E-state index < -0.39 is 0 Å². The summed E-state index contributed by atoms with van der Waals surface area (Å²) in [7, 11) is 1.64. The van der Waals surface area contributed by atoms with Gasteiger partial charge in [0.05, 0.1) is 12.5 Å². The molecule has 2 rings (SSSR count). The van der Waals surface area contributed by atoms with E-state index in [0.29, 0.717) is 5.02 Å². The predicted molar refractivity (Wildman–Crippen MR) is 79.8 cm³/mol. The third kappa shape index (κ3) is 3.00. The molecular formula is C14H11BrCl2O. The first-order chi connectivity index (χ1) is 8.61. The lowest BCUT2D eigenvalue weighted by Crippen LogP contribution is -1.97. The summed E-state index contributed by atoms with van der Waals surface area (Å²) in [6.45, 7) is 0. The van der Waals surface area contributed by atoms with Gasteiger partial charge in [-0.2, -0.15) is 0 Å². The molecule has 0 saturated heterocycles. The second-order valence-electron chi connectivity index (χ2n) is 3.80. The Bertz CT molecular complexity index is 540. The fraction of sp³-hybridized carbons (Fsp3) is 0.143. The van der Waals surface area contributed by atoms with Crippen molar-refractivity contribution in [3.8, 4) is 5.75 Å². The number of benzene rings is 2. The van der Waals surface area contributed by atoms with Crippen molar-refractivity contribution in [1.82, 2.24) is 0 Å². The number of rotatable bonds is 3. The highest BCUT2D eigenvalue weighted by molar-refractivity contribution is 9.10. The molecule has 0 fully saturated rings. The average molecular weight is 346 g/mol. The molecule has 1 nitrogen and oxygen atoms in total. The molecule has 18 heavy (non-hydrogen) atoms. The SMILES string of the molecule is COc1ccc(Br)cc1C(Cl)c1ccc(Cl)cc1. The van der Waals surface area contributed by atoms with Crippen LogP contribution in [0.3, 0.4) is 0 Å². The van der Waals surface area contributed by atoms with Gasteiger partial charge in [0.25, 0.3) is 0 Å². The van der Waals surface area contributed by atoms with Crippen LogP contribution in [0.1, 0.15) is 16.5 Å². The lowest BCUT2D eigenvalue weighted by molar-refractivity contribution is 0.410. The monoisotopic (exact) mass is 344 g/mol. The smallest absolute Gasteiger partial charge is 0.123 e. The highest BCUT2D eigenvalue weighted by atomic mass is 79.9. The van der Waals surface area contributed by atoms with Gasteiger partial charge in [-0.15, -0.1) is 11.6 Å². The van der Waals surface area contributed by atoms with Crippen LogP contribution in [0.2, 0.25) is 5.02 Å². The van der Waals surface area contributed by atoms with E-state index in [9.17, 15) is 0 Å². The molecular weight excluding hydrogens is 335 g/mol. The second kappa shape index (κ2) is 5.96. The molecule has 1 unspecified atom stereocenters. The number of hydrogen-bond acceptors (Lipinski definition) is 1. The lowest BCUT2D eigenvalue weighted by atomic mass is 10.0. The van der Waals surface area contributed by atoms with Gasteiger partial charge in [0, 0.05) is 15.1 Å².